The molecule has 1 unspecified atom stereocenters. The molecule has 1 heteroatoms. The van der Waals surface area contributed by atoms with Crippen LogP contribution in [0.5, 0.6) is 0 Å². The van der Waals surface area contributed by atoms with Crippen LogP contribution in [0.3, 0.4) is 0 Å². The van der Waals surface area contributed by atoms with Crippen LogP contribution < -0.4 is 0 Å². The third-order valence-corrected chi connectivity index (χ3v) is 3.81. The summed E-state index contributed by atoms with van der Waals surface area (Å²) in [5.41, 5.74) is 3.01. The van der Waals surface area contributed by atoms with Gasteiger partial charge in [0, 0.05) is 18.3 Å². The molecule has 0 radical (unpaired) electrons. The molecule has 1 saturated carbocycles. The molecule has 2 atom stereocenters. The van der Waals surface area contributed by atoms with Gasteiger partial charge in [0.15, 0.2) is 0 Å². The van der Waals surface area contributed by atoms with E-state index in [1.54, 1.807) is 0 Å². The number of benzene rings is 1. The first-order chi connectivity index (χ1) is 6.69. The molecule has 0 amide bonds. The highest BCUT2D eigenvalue weighted by Crippen LogP contribution is 2.52. The third-order valence-electron chi connectivity index (χ3n) is 3.81. The standard InChI is InChI=1S/C13H14O/c1-13-7-9(6-10(14)8-13)11-4-2-3-5-12(11)13/h2-5,9H,6-8H2,1H3/t9-,13?/m0/s1. The van der Waals surface area contributed by atoms with E-state index in [-0.39, 0.29) is 5.41 Å². The van der Waals surface area contributed by atoms with Crippen LogP contribution in [0, 0.1) is 0 Å². The predicted molar refractivity (Wildman–Crippen MR) is 55.4 cm³/mol. The van der Waals surface area contributed by atoms with E-state index < -0.39 is 0 Å². The summed E-state index contributed by atoms with van der Waals surface area (Å²) >= 11 is 0. The number of fused-ring (bicyclic) bond motifs is 5. The van der Waals surface area contributed by atoms with Gasteiger partial charge in [-0.15, -0.1) is 0 Å². The van der Waals surface area contributed by atoms with Crippen LogP contribution >= 0.6 is 0 Å². The monoisotopic (exact) mass is 186 g/mol. The Bertz CT molecular complexity index is 407. The summed E-state index contributed by atoms with van der Waals surface area (Å²) in [5, 5.41) is 0. The molecule has 3 rings (SSSR count). The topological polar surface area (TPSA) is 17.1 Å². The summed E-state index contributed by atoms with van der Waals surface area (Å²) in [4.78, 5) is 11.6. The molecular formula is C13H14O. The van der Waals surface area contributed by atoms with E-state index in [4.69, 9.17) is 0 Å². The van der Waals surface area contributed by atoms with Gasteiger partial charge >= 0.3 is 0 Å². The van der Waals surface area contributed by atoms with Crippen molar-refractivity contribution in [3.05, 3.63) is 35.4 Å². The molecule has 0 heterocycles. The van der Waals surface area contributed by atoms with Crippen LogP contribution in [0.25, 0.3) is 0 Å². The van der Waals surface area contributed by atoms with Gasteiger partial charge in [0.25, 0.3) is 0 Å². The molecule has 2 aliphatic carbocycles. The molecule has 1 nitrogen and oxygen atoms in total. The zero-order valence-electron chi connectivity index (χ0n) is 8.42. The fourth-order valence-corrected chi connectivity index (χ4v) is 3.30. The lowest BCUT2D eigenvalue weighted by molar-refractivity contribution is -0.121. The summed E-state index contributed by atoms with van der Waals surface area (Å²) in [6.07, 6.45) is 2.70. The average Bonchev–Trinajstić information content (AvgIpc) is 2.36. The van der Waals surface area contributed by atoms with Gasteiger partial charge in [-0.1, -0.05) is 31.2 Å². The molecule has 1 fully saturated rings. The van der Waals surface area contributed by atoms with Crippen molar-refractivity contribution >= 4 is 5.78 Å². The van der Waals surface area contributed by atoms with Gasteiger partial charge in [-0.25, -0.2) is 0 Å². The minimum atomic E-state index is 0.149. The molecule has 14 heavy (non-hydrogen) atoms. The summed E-state index contributed by atoms with van der Waals surface area (Å²) in [7, 11) is 0. The minimum Gasteiger partial charge on any atom is -0.300 e. The Morgan fingerprint density at radius 1 is 1.36 bits per heavy atom. The van der Waals surface area contributed by atoms with E-state index in [1.807, 2.05) is 0 Å². The first-order valence-electron chi connectivity index (χ1n) is 5.30. The highest BCUT2D eigenvalue weighted by molar-refractivity contribution is 5.83. The SMILES string of the molecule is CC12CC(=O)C[C@@H](C1)c1ccccc12. The number of carbonyl (C=O) groups is 1. The van der Waals surface area contributed by atoms with Crippen molar-refractivity contribution in [3.63, 3.8) is 0 Å². The molecule has 2 bridgehead atoms. The normalized spacial score (nSPS) is 34.4. The molecule has 0 saturated heterocycles. The highest BCUT2D eigenvalue weighted by Gasteiger charge is 2.45. The van der Waals surface area contributed by atoms with Crippen molar-refractivity contribution in [2.45, 2.75) is 37.5 Å². The first-order valence-corrected chi connectivity index (χ1v) is 5.30. The molecule has 2 aliphatic rings. The maximum Gasteiger partial charge on any atom is 0.134 e. The quantitative estimate of drug-likeness (QED) is 0.609. The van der Waals surface area contributed by atoms with Crippen molar-refractivity contribution in [2.24, 2.45) is 0 Å². The van der Waals surface area contributed by atoms with Gasteiger partial charge in [0.2, 0.25) is 0 Å². The second-order valence-electron chi connectivity index (χ2n) is 4.97. The van der Waals surface area contributed by atoms with E-state index in [9.17, 15) is 4.79 Å². The van der Waals surface area contributed by atoms with E-state index in [0.717, 1.165) is 12.8 Å². The first kappa shape index (κ1) is 8.22. The highest BCUT2D eigenvalue weighted by atomic mass is 16.1. The Morgan fingerprint density at radius 2 is 2.14 bits per heavy atom. The molecule has 1 aromatic rings. The van der Waals surface area contributed by atoms with Gasteiger partial charge in [-0.05, 0) is 23.5 Å². The number of ketones is 1. The molecule has 0 spiro atoms. The maximum absolute atomic E-state index is 11.6. The number of hydrogen-bond donors (Lipinski definition) is 0. The smallest absolute Gasteiger partial charge is 0.134 e. The van der Waals surface area contributed by atoms with Crippen LogP contribution in [-0.2, 0) is 10.2 Å². The fraction of sp³-hybridized carbons (Fsp3) is 0.462. The van der Waals surface area contributed by atoms with Crippen LogP contribution in [-0.4, -0.2) is 5.78 Å². The number of hydrogen-bond acceptors (Lipinski definition) is 1. The number of rotatable bonds is 0. The van der Waals surface area contributed by atoms with Crippen LogP contribution in [0.1, 0.15) is 43.2 Å². The molecule has 72 valence electrons. The summed E-state index contributed by atoms with van der Waals surface area (Å²) in [6, 6.07) is 8.58. The largest absolute Gasteiger partial charge is 0.300 e. The number of carbonyl (C=O) groups excluding carboxylic acids is 1. The lowest BCUT2D eigenvalue weighted by Gasteiger charge is -2.28. The summed E-state index contributed by atoms with van der Waals surface area (Å²) in [5.74, 6) is 0.956. The van der Waals surface area contributed by atoms with Gasteiger partial charge in [-0.3, -0.25) is 4.79 Å². The van der Waals surface area contributed by atoms with Gasteiger partial charge < -0.3 is 0 Å². The van der Waals surface area contributed by atoms with Crippen molar-refractivity contribution in [1.82, 2.24) is 0 Å². The van der Waals surface area contributed by atoms with Crippen LogP contribution in [0.15, 0.2) is 24.3 Å². The Labute approximate surface area is 84.1 Å². The van der Waals surface area contributed by atoms with Gasteiger partial charge in [-0.2, -0.15) is 0 Å². The van der Waals surface area contributed by atoms with Crippen LogP contribution in [0.4, 0.5) is 0 Å². The van der Waals surface area contributed by atoms with Crippen molar-refractivity contribution < 1.29 is 4.79 Å². The zero-order valence-corrected chi connectivity index (χ0v) is 8.42. The van der Waals surface area contributed by atoms with Gasteiger partial charge in [0.1, 0.15) is 5.78 Å². The molecule has 0 aromatic heterocycles. The molecular weight excluding hydrogens is 172 g/mol. The molecule has 0 aliphatic heterocycles. The second-order valence-corrected chi connectivity index (χ2v) is 4.97. The van der Waals surface area contributed by atoms with E-state index in [0.29, 0.717) is 11.7 Å². The van der Waals surface area contributed by atoms with Crippen molar-refractivity contribution in [2.75, 3.05) is 0 Å². The van der Waals surface area contributed by atoms with E-state index >= 15 is 0 Å². The van der Waals surface area contributed by atoms with E-state index in [1.165, 1.54) is 17.5 Å². The minimum absolute atomic E-state index is 0.149. The van der Waals surface area contributed by atoms with Gasteiger partial charge in [0.05, 0.1) is 0 Å². The number of Topliss-reactive ketones (excluding diaryl/α,β-unsaturated/α-hetero) is 1. The fourth-order valence-electron chi connectivity index (χ4n) is 3.30. The summed E-state index contributed by atoms with van der Waals surface area (Å²) in [6.45, 7) is 2.24. The Kier molecular flexibility index (Phi) is 1.45. The summed E-state index contributed by atoms with van der Waals surface area (Å²) < 4.78 is 0. The van der Waals surface area contributed by atoms with E-state index in [2.05, 4.69) is 31.2 Å². The Hall–Kier alpha value is -1.11. The molecule has 0 N–H and O–H groups in total. The van der Waals surface area contributed by atoms with Crippen molar-refractivity contribution in [3.8, 4) is 0 Å². The Balaban J connectivity index is 2.21. The Morgan fingerprint density at radius 3 is 3.00 bits per heavy atom. The predicted octanol–water partition coefficient (Wildman–Crippen LogP) is 2.79. The molecule has 1 aromatic carbocycles. The lowest BCUT2D eigenvalue weighted by Crippen LogP contribution is -2.27. The zero-order chi connectivity index (χ0) is 9.76. The average molecular weight is 186 g/mol. The second kappa shape index (κ2) is 2.47. The lowest BCUT2D eigenvalue weighted by atomic mass is 9.74. The van der Waals surface area contributed by atoms with Crippen molar-refractivity contribution in [1.29, 1.82) is 0 Å². The van der Waals surface area contributed by atoms with Crippen LogP contribution in [0.2, 0.25) is 0 Å². The third kappa shape index (κ3) is 0.927. The maximum atomic E-state index is 11.6.